The predicted molar refractivity (Wildman–Crippen MR) is 94.7 cm³/mol. The first kappa shape index (κ1) is 19.0. The van der Waals surface area contributed by atoms with Gasteiger partial charge < -0.3 is 10.2 Å². The molecular weight excluding hydrogens is 256 g/mol. The van der Waals surface area contributed by atoms with Crippen molar-refractivity contribution in [3.8, 4) is 0 Å². The van der Waals surface area contributed by atoms with Crippen molar-refractivity contribution >= 4 is 0 Å². The molecule has 0 radical (unpaired) electrons. The number of piperidine rings is 1. The van der Waals surface area contributed by atoms with E-state index >= 15 is 0 Å². The van der Waals surface area contributed by atoms with Gasteiger partial charge in [-0.2, -0.15) is 0 Å². The molecule has 0 amide bonds. The van der Waals surface area contributed by atoms with Crippen LogP contribution in [0, 0.1) is 22.7 Å². The molecule has 0 spiro atoms. The zero-order valence-corrected chi connectivity index (χ0v) is 15.9. The fourth-order valence-electron chi connectivity index (χ4n) is 3.58. The lowest BCUT2D eigenvalue weighted by Gasteiger charge is -2.41. The third-order valence-electron chi connectivity index (χ3n) is 4.06. The summed E-state index contributed by atoms with van der Waals surface area (Å²) in [7, 11) is 0. The molecule has 2 nitrogen and oxygen atoms in total. The largest absolute Gasteiger partial charge is 0.312 e. The molecule has 2 heteroatoms. The molecule has 0 aromatic carbocycles. The normalized spacial score (nSPS) is 25.6. The number of likely N-dealkylation sites (tertiary alicyclic amines) is 1. The van der Waals surface area contributed by atoms with Crippen molar-refractivity contribution in [2.24, 2.45) is 22.7 Å². The van der Waals surface area contributed by atoms with Gasteiger partial charge in [0.15, 0.2) is 0 Å². The first-order valence-electron chi connectivity index (χ1n) is 8.90. The van der Waals surface area contributed by atoms with Gasteiger partial charge in [0.05, 0.1) is 0 Å². The molecular formula is C19H40N2. The fraction of sp³-hybridized carbons (Fsp3) is 1.00. The van der Waals surface area contributed by atoms with Crippen molar-refractivity contribution in [1.29, 1.82) is 0 Å². The van der Waals surface area contributed by atoms with Crippen molar-refractivity contribution in [2.45, 2.75) is 74.3 Å². The highest BCUT2D eigenvalue weighted by Gasteiger charge is 2.30. The highest BCUT2D eigenvalue weighted by molar-refractivity contribution is 4.86. The lowest BCUT2D eigenvalue weighted by atomic mass is 9.79. The van der Waals surface area contributed by atoms with Crippen LogP contribution < -0.4 is 5.32 Å². The van der Waals surface area contributed by atoms with E-state index in [-0.39, 0.29) is 0 Å². The average Bonchev–Trinajstić information content (AvgIpc) is 2.21. The van der Waals surface area contributed by atoms with Crippen LogP contribution in [0.25, 0.3) is 0 Å². The van der Waals surface area contributed by atoms with E-state index in [1.54, 1.807) is 0 Å². The Labute approximate surface area is 134 Å². The molecule has 21 heavy (non-hydrogen) atoms. The quantitative estimate of drug-likeness (QED) is 0.808. The summed E-state index contributed by atoms with van der Waals surface area (Å²) in [5.41, 5.74) is 0.819. The minimum absolute atomic E-state index is 0.375. The van der Waals surface area contributed by atoms with Gasteiger partial charge in [-0.3, -0.25) is 0 Å². The van der Waals surface area contributed by atoms with Gasteiger partial charge in [-0.15, -0.1) is 0 Å². The van der Waals surface area contributed by atoms with E-state index in [0.717, 1.165) is 18.4 Å². The van der Waals surface area contributed by atoms with E-state index in [0.29, 0.717) is 16.9 Å². The van der Waals surface area contributed by atoms with Crippen LogP contribution in [-0.4, -0.2) is 37.1 Å². The molecule has 1 aliphatic heterocycles. The monoisotopic (exact) mass is 296 g/mol. The minimum Gasteiger partial charge on any atom is -0.312 e. The second-order valence-electron chi connectivity index (χ2n) is 10.1. The predicted octanol–water partition coefficient (Wildman–Crippen LogP) is 4.40. The maximum absolute atomic E-state index is 3.84. The summed E-state index contributed by atoms with van der Waals surface area (Å²) in [6.07, 6.45) is 2.69. The number of hydrogen-bond donors (Lipinski definition) is 1. The van der Waals surface area contributed by atoms with Crippen LogP contribution in [0.15, 0.2) is 0 Å². The SMILES string of the molecule is CC(C)CN1CC(CC(C)(C)C)CC(NCC(C)(C)C)C1. The van der Waals surface area contributed by atoms with Gasteiger partial charge in [-0.25, -0.2) is 0 Å². The second kappa shape index (κ2) is 7.46. The molecule has 0 bridgehead atoms. The molecule has 1 aliphatic rings. The summed E-state index contributed by atoms with van der Waals surface area (Å²) < 4.78 is 0. The van der Waals surface area contributed by atoms with Crippen molar-refractivity contribution in [1.82, 2.24) is 10.2 Å². The summed E-state index contributed by atoms with van der Waals surface area (Å²) >= 11 is 0. The van der Waals surface area contributed by atoms with Crippen LogP contribution in [0.4, 0.5) is 0 Å². The van der Waals surface area contributed by atoms with E-state index in [1.807, 2.05) is 0 Å². The number of hydrogen-bond acceptors (Lipinski definition) is 2. The summed E-state index contributed by atoms with van der Waals surface area (Å²) in [6.45, 7) is 23.7. The van der Waals surface area contributed by atoms with Crippen molar-refractivity contribution in [3.63, 3.8) is 0 Å². The maximum atomic E-state index is 3.84. The Balaban J connectivity index is 2.61. The number of rotatable bonds is 5. The van der Waals surface area contributed by atoms with Gasteiger partial charge >= 0.3 is 0 Å². The van der Waals surface area contributed by atoms with E-state index in [1.165, 1.54) is 32.5 Å². The summed E-state index contributed by atoms with van der Waals surface area (Å²) in [5.74, 6) is 1.61. The van der Waals surface area contributed by atoms with Crippen LogP contribution in [-0.2, 0) is 0 Å². The molecule has 0 saturated carbocycles. The fourth-order valence-corrected chi connectivity index (χ4v) is 3.58. The Hall–Kier alpha value is -0.0800. The van der Waals surface area contributed by atoms with Crippen LogP contribution in [0.1, 0.15) is 68.2 Å². The summed E-state index contributed by atoms with van der Waals surface area (Å²) in [6, 6.07) is 0.670. The third kappa shape index (κ3) is 8.83. The van der Waals surface area contributed by atoms with Crippen molar-refractivity contribution in [2.75, 3.05) is 26.2 Å². The molecule has 1 heterocycles. The zero-order chi connectivity index (χ0) is 16.3. The first-order valence-corrected chi connectivity index (χ1v) is 8.90. The van der Waals surface area contributed by atoms with Crippen molar-refractivity contribution in [3.05, 3.63) is 0 Å². The maximum Gasteiger partial charge on any atom is 0.0198 e. The molecule has 0 aromatic heterocycles. The Bertz CT molecular complexity index is 296. The van der Waals surface area contributed by atoms with Gasteiger partial charge in [0.25, 0.3) is 0 Å². The van der Waals surface area contributed by atoms with Crippen molar-refractivity contribution < 1.29 is 0 Å². The highest BCUT2D eigenvalue weighted by atomic mass is 15.2. The van der Waals surface area contributed by atoms with E-state index in [2.05, 4.69) is 65.6 Å². The minimum atomic E-state index is 0.375. The molecule has 0 aromatic rings. The molecule has 1 rings (SSSR count). The average molecular weight is 297 g/mol. The molecule has 2 unspecified atom stereocenters. The molecule has 1 saturated heterocycles. The Morgan fingerprint density at radius 2 is 1.62 bits per heavy atom. The standard InChI is InChI=1S/C19H40N2/c1-15(2)11-21-12-16(10-18(3,4)5)9-17(13-21)20-14-19(6,7)8/h15-17,20H,9-14H2,1-8H3. The highest BCUT2D eigenvalue weighted by Crippen LogP contribution is 2.30. The summed E-state index contributed by atoms with van der Waals surface area (Å²) in [4.78, 5) is 2.70. The number of nitrogens with one attached hydrogen (secondary N) is 1. The van der Waals surface area contributed by atoms with E-state index in [9.17, 15) is 0 Å². The van der Waals surface area contributed by atoms with Gasteiger partial charge in [0.2, 0.25) is 0 Å². The van der Waals surface area contributed by atoms with Crippen LogP contribution in [0.2, 0.25) is 0 Å². The third-order valence-corrected chi connectivity index (χ3v) is 4.06. The Morgan fingerprint density at radius 1 is 1.00 bits per heavy atom. The summed E-state index contributed by atoms with van der Waals surface area (Å²) in [5, 5.41) is 3.84. The van der Waals surface area contributed by atoms with Gasteiger partial charge in [0.1, 0.15) is 0 Å². The lowest BCUT2D eigenvalue weighted by molar-refractivity contribution is 0.100. The van der Waals surface area contributed by atoms with Gasteiger partial charge in [0, 0.05) is 32.2 Å². The van der Waals surface area contributed by atoms with Gasteiger partial charge in [-0.1, -0.05) is 55.4 Å². The zero-order valence-electron chi connectivity index (χ0n) is 15.9. The van der Waals surface area contributed by atoms with Gasteiger partial charge in [-0.05, 0) is 35.5 Å². The molecule has 1 N–H and O–H groups in total. The number of nitrogens with zero attached hydrogens (tertiary/aromatic N) is 1. The smallest absolute Gasteiger partial charge is 0.0198 e. The molecule has 1 fully saturated rings. The topological polar surface area (TPSA) is 15.3 Å². The molecule has 126 valence electrons. The second-order valence-corrected chi connectivity index (χ2v) is 10.1. The van der Waals surface area contributed by atoms with Crippen LogP contribution >= 0.6 is 0 Å². The van der Waals surface area contributed by atoms with Crippen LogP contribution in [0.5, 0.6) is 0 Å². The lowest BCUT2D eigenvalue weighted by Crippen LogP contribution is -2.51. The molecule has 2 atom stereocenters. The Morgan fingerprint density at radius 3 is 2.10 bits per heavy atom. The van der Waals surface area contributed by atoms with Crippen LogP contribution in [0.3, 0.4) is 0 Å². The first-order chi connectivity index (χ1) is 9.44. The van der Waals surface area contributed by atoms with E-state index < -0.39 is 0 Å². The van der Waals surface area contributed by atoms with E-state index in [4.69, 9.17) is 0 Å². The Kier molecular flexibility index (Phi) is 6.74. The molecule has 0 aliphatic carbocycles.